The van der Waals surface area contributed by atoms with Gasteiger partial charge in [-0.25, -0.2) is 9.37 Å². The Balaban J connectivity index is 1.41. The van der Waals surface area contributed by atoms with Gasteiger partial charge in [0.25, 0.3) is 0 Å². The lowest BCUT2D eigenvalue weighted by Gasteiger charge is -2.43. The molecule has 0 saturated carbocycles. The van der Waals surface area contributed by atoms with Gasteiger partial charge in [0.2, 0.25) is 6.41 Å². The molecule has 7 nitrogen and oxygen atoms in total. The fourth-order valence-corrected chi connectivity index (χ4v) is 5.81. The van der Waals surface area contributed by atoms with Gasteiger partial charge in [0.15, 0.2) is 5.82 Å². The Bertz CT molecular complexity index is 1190. The van der Waals surface area contributed by atoms with Crippen LogP contribution in [0.5, 0.6) is 0 Å². The molecule has 1 unspecified atom stereocenters. The van der Waals surface area contributed by atoms with Crippen LogP contribution in [0, 0.1) is 11.7 Å². The molecule has 1 atom stereocenters. The summed E-state index contributed by atoms with van der Waals surface area (Å²) in [7, 11) is 0. The second-order valence-corrected chi connectivity index (χ2v) is 10.3. The molecule has 1 amide bonds. The van der Waals surface area contributed by atoms with Gasteiger partial charge in [-0.1, -0.05) is 18.2 Å². The Kier molecular flexibility index (Phi) is 8.81. The van der Waals surface area contributed by atoms with E-state index in [-0.39, 0.29) is 5.82 Å². The molecular weight excluding hydrogens is 479 g/mol. The third-order valence-electron chi connectivity index (χ3n) is 7.74. The second kappa shape index (κ2) is 12.8. The van der Waals surface area contributed by atoms with Gasteiger partial charge < -0.3 is 20.4 Å². The van der Waals surface area contributed by atoms with E-state index in [4.69, 9.17) is 4.98 Å². The van der Waals surface area contributed by atoms with E-state index in [1.54, 1.807) is 29.4 Å². The van der Waals surface area contributed by atoms with E-state index in [2.05, 4.69) is 26.6 Å². The first-order valence-corrected chi connectivity index (χ1v) is 13.8. The predicted molar refractivity (Wildman–Crippen MR) is 150 cm³/mol. The van der Waals surface area contributed by atoms with Crippen molar-refractivity contribution >= 4 is 23.7 Å². The number of nitrogens with one attached hydrogen (secondary N) is 2. The zero-order chi connectivity index (χ0) is 26.2. The van der Waals surface area contributed by atoms with Gasteiger partial charge in [-0.15, -0.1) is 0 Å². The van der Waals surface area contributed by atoms with Gasteiger partial charge in [-0.3, -0.25) is 9.78 Å². The number of halogens is 1. The number of carbonyl (C=O) groups excluding carboxylic acids is 1. The summed E-state index contributed by atoms with van der Waals surface area (Å²) in [5, 5.41) is 6.96. The van der Waals surface area contributed by atoms with Gasteiger partial charge >= 0.3 is 0 Å². The minimum atomic E-state index is -0.235. The van der Waals surface area contributed by atoms with Crippen LogP contribution in [0.1, 0.15) is 43.2 Å². The predicted octanol–water partition coefficient (Wildman–Crippen LogP) is 4.79. The highest BCUT2D eigenvalue weighted by atomic mass is 19.1. The van der Waals surface area contributed by atoms with Crippen molar-refractivity contribution in [1.29, 1.82) is 0 Å². The summed E-state index contributed by atoms with van der Waals surface area (Å²) in [5.41, 5.74) is 2.58. The van der Waals surface area contributed by atoms with Crippen LogP contribution in [0.2, 0.25) is 0 Å². The molecule has 2 aliphatic rings. The lowest BCUT2D eigenvalue weighted by Crippen LogP contribution is -2.47. The summed E-state index contributed by atoms with van der Waals surface area (Å²) in [6, 6.07) is 15.1. The molecule has 2 fully saturated rings. The first-order chi connectivity index (χ1) is 18.7. The topological polar surface area (TPSA) is 73.4 Å². The summed E-state index contributed by atoms with van der Waals surface area (Å²) >= 11 is 0. The minimum Gasteiger partial charge on any atom is -0.368 e. The number of piperidine rings is 2. The molecule has 200 valence electrons. The normalized spacial score (nSPS) is 18.2. The molecule has 38 heavy (non-hydrogen) atoms. The number of rotatable bonds is 10. The Morgan fingerprint density at radius 1 is 1.08 bits per heavy atom. The average Bonchev–Trinajstić information content (AvgIpc) is 2.97. The molecule has 2 N–H and O–H groups in total. The summed E-state index contributed by atoms with van der Waals surface area (Å²) in [4.78, 5) is 25.7. The van der Waals surface area contributed by atoms with Gasteiger partial charge in [0.05, 0.1) is 12.2 Å². The van der Waals surface area contributed by atoms with Crippen LogP contribution < -0.4 is 20.4 Å². The van der Waals surface area contributed by atoms with Crippen molar-refractivity contribution in [2.75, 3.05) is 41.3 Å². The quantitative estimate of drug-likeness (QED) is 0.378. The summed E-state index contributed by atoms with van der Waals surface area (Å²) in [6.45, 7) is 4.13. The maximum absolute atomic E-state index is 13.7. The third-order valence-corrected chi connectivity index (χ3v) is 7.74. The minimum absolute atomic E-state index is 0.235. The first-order valence-electron chi connectivity index (χ1n) is 13.8. The number of benzene rings is 1. The van der Waals surface area contributed by atoms with Crippen LogP contribution in [-0.2, 0) is 17.8 Å². The van der Waals surface area contributed by atoms with Gasteiger partial charge in [0.1, 0.15) is 11.6 Å². The van der Waals surface area contributed by atoms with Crippen LogP contribution >= 0.6 is 0 Å². The summed E-state index contributed by atoms with van der Waals surface area (Å²) in [6.07, 6.45) is 11.0. The number of anilines is 3. The molecule has 2 aliphatic heterocycles. The van der Waals surface area contributed by atoms with Gasteiger partial charge in [-0.2, -0.15) is 0 Å². The lowest BCUT2D eigenvalue weighted by atomic mass is 9.84. The van der Waals surface area contributed by atoms with Crippen molar-refractivity contribution in [3.63, 3.8) is 0 Å². The van der Waals surface area contributed by atoms with Crippen LogP contribution in [0.3, 0.4) is 0 Å². The van der Waals surface area contributed by atoms with Crippen molar-refractivity contribution < 1.29 is 9.18 Å². The maximum Gasteiger partial charge on any atom is 0.214 e. The molecule has 1 aromatic carbocycles. The molecule has 8 heteroatoms. The fraction of sp³-hybridized carbons (Fsp3) is 0.433. The summed E-state index contributed by atoms with van der Waals surface area (Å²) < 4.78 is 13.7. The van der Waals surface area contributed by atoms with Crippen molar-refractivity contribution in [2.24, 2.45) is 5.92 Å². The number of amides is 1. The highest BCUT2D eigenvalue weighted by Gasteiger charge is 2.32. The lowest BCUT2D eigenvalue weighted by molar-refractivity contribution is -0.107. The summed E-state index contributed by atoms with van der Waals surface area (Å²) in [5.74, 6) is 2.06. The van der Waals surface area contributed by atoms with E-state index in [1.165, 1.54) is 31.7 Å². The Hall–Kier alpha value is -3.52. The Morgan fingerprint density at radius 3 is 2.74 bits per heavy atom. The molecule has 5 rings (SSSR count). The van der Waals surface area contributed by atoms with Crippen LogP contribution in [-0.4, -0.2) is 48.6 Å². The number of aromatic nitrogens is 2. The molecule has 0 spiro atoms. The molecule has 2 saturated heterocycles. The van der Waals surface area contributed by atoms with E-state index in [0.29, 0.717) is 37.3 Å². The number of carbonyl (C=O) groups is 1. The van der Waals surface area contributed by atoms with Crippen molar-refractivity contribution in [2.45, 2.75) is 51.1 Å². The second-order valence-electron chi connectivity index (χ2n) is 10.3. The van der Waals surface area contributed by atoms with Gasteiger partial charge in [-0.05, 0) is 99.0 Å². The zero-order valence-electron chi connectivity index (χ0n) is 21.9. The Morgan fingerprint density at radius 2 is 1.95 bits per heavy atom. The molecular formula is C30H37FN6O. The largest absolute Gasteiger partial charge is 0.368 e. The smallest absolute Gasteiger partial charge is 0.214 e. The number of nitrogens with zero attached hydrogens (tertiary/aromatic N) is 4. The standard InChI is InChI=1S/C30H37FN6O/c31-26-7-3-5-23(19-26)11-17-34-30-28(36(22-38)21-24-6-4-14-33-20-24)9-10-29(35-30)37-18-2-1-8-27(37)25-12-15-32-16-13-25/h3-7,9-10,14,19-20,22,25,27,32H,1-2,8,11-13,15-18,21H2,(H,34,35). The van der Waals surface area contributed by atoms with E-state index >= 15 is 0 Å². The fourth-order valence-electron chi connectivity index (χ4n) is 5.81. The van der Waals surface area contributed by atoms with E-state index < -0.39 is 0 Å². The Labute approximate surface area is 224 Å². The maximum atomic E-state index is 13.7. The third kappa shape index (κ3) is 6.48. The zero-order valence-corrected chi connectivity index (χ0v) is 21.9. The van der Waals surface area contributed by atoms with Crippen LogP contribution in [0.15, 0.2) is 60.9 Å². The molecule has 4 heterocycles. The molecule has 3 aromatic rings. The van der Waals surface area contributed by atoms with Crippen molar-refractivity contribution in [1.82, 2.24) is 15.3 Å². The highest BCUT2D eigenvalue weighted by Crippen LogP contribution is 2.34. The van der Waals surface area contributed by atoms with E-state index in [9.17, 15) is 9.18 Å². The molecule has 0 bridgehead atoms. The number of pyridine rings is 2. The van der Waals surface area contributed by atoms with Crippen LogP contribution in [0.4, 0.5) is 21.7 Å². The monoisotopic (exact) mass is 516 g/mol. The van der Waals surface area contributed by atoms with Crippen molar-refractivity contribution in [3.05, 3.63) is 77.9 Å². The molecule has 0 aliphatic carbocycles. The number of hydrogen-bond acceptors (Lipinski definition) is 6. The average molecular weight is 517 g/mol. The first kappa shape index (κ1) is 26.1. The number of hydrogen-bond donors (Lipinski definition) is 2. The SMILES string of the molecule is O=CN(Cc1cccnc1)c1ccc(N2CCCCC2C2CCNCC2)nc1NCCc1cccc(F)c1. The highest BCUT2D eigenvalue weighted by molar-refractivity contribution is 5.82. The van der Waals surface area contributed by atoms with Crippen LogP contribution in [0.25, 0.3) is 0 Å². The molecule has 0 radical (unpaired) electrons. The van der Waals surface area contributed by atoms with Gasteiger partial charge in [0, 0.05) is 31.5 Å². The van der Waals surface area contributed by atoms with E-state index in [0.717, 1.165) is 55.1 Å². The van der Waals surface area contributed by atoms with Crippen molar-refractivity contribution in [3.8, 4) is 0 Å². The molecule has 2 aromatic heterocycles. The van der Waals surface area contributed by atoms with E-state index in [1.807, 2.05) is 24.3 Å².